The minimum Gasteiger partial charge on any atom is -0.147 e. The number of likely N-dealkylation sites (N-methyl/N-ethyl adjacent to an activating group) is 1. The van der Waals surface area contributed by atoms with Crippen molar-refractivity contribution >= 4 is 30.4 Å². The van der Waals surface area contributed by atoms with E-state index in [-0.39, 0.29) is 24.8 Å². The topological polar surface area (TPSA) is 12.5 Å². The van der Waals surface area contributed by atoms with Gasteiger partial charge < -0.3 is 0 Å². The number of nitrogens with zero attached hydrogens (tertiary/aromatic N) is 1. The molecule has 2 aromatic carbocycles. The molecule has 0 heterocycles. The van der Waals surface area contributed by atoms with Gasteiger partial charge in [0.1, 0.15) is 0 Å². The molecule has 0 aromatic heterocycles. The fraction of sp³-hybridized carbons (Fsp3) is 0.238. The molecule has 0 amide bonds. The molecule has 2 aromatic rings. The van der Waals surface area contributed by atoms with E-state index in [1.54, 1.807) is 20.8 Å². The third kappa shape index (κ3) is 5.56. The first kappa shape index (κ1) is 23.2. The van der Waals surface area contributed by atoms with Crippen molar-refractivity contribution in [2.45, 2.75) is 13.0 Å². The summed E-state index contributed by atoms with van der Waals surface area (Å²) < 4.78 is 5.39. The number of allylic oxidation sites excluding steroid dienone is 2. The molecular formula is C21H24Cl2NOTi. The first-order valence-electron chi connectivity index (χ1n) is 8.19. The molecule has 0 bridgehead atoms. The molecule has 0 radical (unpaired) electrons. The van der Waals surface area contributed by atoms with Gasteiger partial charge in [0.25, 0.3) is 0 Å². The second-order valence-electron chi connectivity index (χ2n) is 6.38. The zero-order valence-electron chi connectivity index (χ0n) is 15.1. The van der Waals surface area contributed by atoms with Crippen molar-refractivity contribution < 1.29 is 24.1 Å². The Balaban J connectivity index is 0.00000169. The van der Waals surface area contributed by atoms with Crippen molar-refractivity contribution in [1.82, 2.24) is 4.90 Å². The maximum absolute atomic E-state index is 5.39. The van der Waals surface area contributed by atoms with Gasteiger partial charge in [0.05, 0.1) is 0 Å². The summed E-state index contributed by atoms with van der Waals surface area (Å²) in [4.78, 5) is 2.21. The number of hydrogen-bond donors (Lipinski definition) is 0. The van der Waals surface area contributed by atoms with Crippen molar-refractivity contribution in [3.8, 4) is 11.1 Å². The van der Waals surface area contributed by atoms with Crippen LogP contribution in [0, 0.1) is 0 Å². The fourth-order valence-corrected chi connectivity index (χ4v) is 3.47. The van der Waals surface area contributed by atoms with Gasteiger partial charge in [-0.1, -0.05) is 0 Å². The summed E-state index contributed by atoms with van der Waals surface area (Å²) in [6.07, 6.45) is 5.69. The molecule has 0 aliphatic heterocycles. The maximum Gasteiger partial charge on any atom is -0.147 e. The predicted molar refractivity (Wildman–Crippen MR) is 110 cm³/mol. The van der Waals surface area contributed by atoms with Gasteiger partial charge in [-0.3, -0.25) is 0 Å². The summed E-state index contributed by atoms with van der Waals surface area (Å²) in [5.41, 5.74) is 7.90. The van der Waals surface area contributed by atoms with Gasteiger partial charge in [-0.05, 0) is 0 Å². The molecule has 0 unspecified atom stereocenters. The van der Waals surface area contributed by atoms with Crippen LogP contribution in [-0.4, -0.2) is 25.5 Å². The van der Waals surface area contributed by atoms with Crippen LogP contribution >= 0.6 is 24.8 Å². The smallest absolute Gasteiger partial charge is 0.147 e. The van der Waals surface area contributed by atoms with Crippen LogP contribution in [0.15, 0.2) is 66.3 Å². The Hall–Kier alpha value is -0.866. The van der Waals surface area contributed by atoms with Crippen LogP contribution in [-0.2, 0) is 30.7 Å². The predicted octanol–water partition coefficient (Wildman–Crippen LogP) is 5.45. The second kappa shape index (κ2) is 11.1. The van der Waals surface area contributed by atoms with Crippen LogP contribution in [0.25, 0.3) is 16.7 Å². The van der Waals surface area contributed by atoms with Crippen LogP contribution in [0.1, 0.15) is 17.5 Å². The standard InChI is InChI=1S/C21H22NO.2ClH.Ti/c1-22(2)14-16-11-12-17(13-16)19-8-5-6-10-21(19)20-9-4-3-7-18(20)15-23;;;/h3-11,13H,12,14-15H2,1-2H3;2*1H;/q-1;;;+1. The first-order chi connectivity index (χ1) is 11.7. The third-order valence-electron chi connectivity index (χ3n) is 4.25. The van der Waals surface area contributed by atoms with Crippen molar-refractivity contribution in [3.63, 3.8) is 0 Å². The number of hydrogen-bond acceptors (Lipinski definition) is 2. The van der Waals surface area contributed by atoms with Crippen molar-refractivity contribution in [1.29, 1.82) is 0 Å². The van der Waals surface area contributed by atoms with E-state index < -0.39 is 0 Å². The Morgan fingerprint density at radius 1 is 0.923 bits per heavy atom. The van der Waals surface area contributed by atoms with Gasteiger partial charge in [-0.15, -0.1) is 24.8 Å². The summed E-state index contributed by atoms with van der Waals surface area (Å²) in [6, 6.07) is 17.2. The number of halogens is 2. The Labute approximate surface area is 181 Å². The zero-order valence-corrected chi connectivity index (χ0v) is 18.3. The maximum atomic E-state index is 5.39. The SMILES string of the molecule is CN(C)CC1=CCC(c2ccccc2-c2ccccc2C[O][Ti])=C1.Cl.Cl. The van der Waals surface area contributed by atoms with E-state index in [0.717, 1.165) is 13.0 Å². The quantitative estimate of drug-likeness (QED) is 0.571. The molecule has 0 spiro atoms. The molecule has 0 atom stereocenters. The molecular weight excluding hydrogens is 401 g/mol. The van der Waals surface area contributed by atoms with Gasteiger partial charge in [-0.25, -0.2) is 0 Å². The molecule has 0 N–H and O–H groups in total. The average Bonchev–Trinajstić information content (AvgIpc) is 3.03. The molecule has 0 saturated heterocycles. The van der Waals surface area contributed by atoms with E-state index in [1.807, 2.05) is 0 Å². The Kier molecular flexibility index (Phi) is 9.88. The largest absolute Gasteiger partial charge is 0.147 e. The fourth-order valence-electron chi connectivity index (χ4n) is 3.23. The second-order valence-corrected chi connectivity index (χ2v) is 6.83. The van der Waals surface area contributed by atoms with Crippen LogP contribution in [0.3, 0.4) is 0 Å². The number of rotatable bonds is 6. The minimum atomic E-state index is 0. The van der Waals surface area contributed by atoms with Crippen LogP contribution in [0.2, 0.25) is 0 Å². The van der Waals surface area contributed by atoms with Gasteiger partial charge in [0.2, 0.25) is 0 Å². The third-order valence-corrected chi connectivity index (χ3v) is 4.48. The van der Waals surface area contributed by atoms with Crippen molar-refractivity contribution in [2.24, 2.45) is 0 Å². The minimum absolute atomic E-state index is 0. The van der Waals surface area contributed by atoms with Crippen molar-refractivity contribution in [3.05, 3.63) is 77.4 Å². The summed E-state index contributed by atoms with van der Waals surface area (Å²) in [5, 5.41) is 0. The Morgan fingerprint density at radius 3 is 2.19 bits per heavy atom. The Morgan fingerprint density at radius 2 is 1.54 bits per heavy atom. The average molecular weight is 425 g/mol. The summed E-state index contributed by atoms with van der Waals surface area (Å²) >= 11 is 1.75. The molecule has 0 saturated carbocycles. The molecule has 2 nitrogen and oxygen atoms in total. The zero-order chi connectivity index (χ0) is 16.9. The van der Waals surface area contributed by atoms with Crippen molar-refractivity contribution in [2.75, 3.05) is 20.6 Å². The molecule has 1 aliphatic rings. The van der Waals surface area contributed by atoms with E-state index >= 15 is 0 Å². The summed E-state index contributed by atoms with van der Waals surface area (Å²) in [7, 11) is 4.23. The monoisotopic (exact) mass is 424 g/mol. The van der Waals surface area contributed by atoms with Crippen LogP contribution in [0.5, 0.6) is 0 Å². The van der Waals surface area contributed by atoms with E-state index in [1.165, 1.54) is 33.4 Å². The van der Waals surface area contributed by atoms with E-state index in [9.17, 15) is 0 Å². The molecule has 3 rings (SSSR count). The molecule has 5 heteroatoms. The van der Waals surface area contributed by atoms with E-state index in [2.05, 4.69) is 79.7 Å². The van der Waals surface area contributed by atoms with E-state index in [4.69, 9.17) is 3.32 Å². The van der Waals surface area contributed by atoms with Crippen LogP contribution < -0.4 is 0 Å². The van der Waals surface area contributed by atoms with E-state index in [0.29, 0.717) is 6.61 Å². The van der Waals surface area contributed by atoms with Crippen LogP contribution in [0.4, 0.5) is 0 Å². The van der Waals surface area contributed by atoms with Gasteiger partial charge >= 0.3 is 157 Å². The number of benzene rings is 2. The summed E-state index contributed by atoms with van der Waals surface area (Å²) in [5.74, 6) is 0. The summed E-state index contributed by atoms with van der Waals surface area (Å²) in [6.45, 7) is 1.62. The van der Waals surface area contributed by atoms with Gasteiger partial charge in [0.15, 0.2) is 0 Å². The Bertz CT molecular complexity index is 787. The molecule has 0 fully saturated rings. The normalized spacial score (nSPS) is 12.8. The first-order valence-corrected chi connectivity index (χ1v) is 8.83. The van der Waals surface area contributed by atoms with Gasteiger partial charge in [0, 0.05) is 0 Å². The van der Waals surface area contributed by atoms with Gasteiger partial charge in [-0.2, -0.15) is 0 Å². The molecule has 26 heavy (non-hydrogen) atoms. The molecule has 137 valence electrons. The molecule has 1 aliphatic carbocycles.